The Hall–Kier alpha value is -3.26. The van der Waals surface area contributed by atoms with Crippen molar-refractivity contribution >= 4 is 5.69 Å². The number of hydrogen-bond acceptors (Lipinski definition) is 7. The number of methoxy groups -OCH3 is 3. The van der Waals surface area contributed by atoms with Crippen LogP contribution >= 0.6 is 0 Å². The zero-order chi connectivity index (χ0) is 18.3. The zero-order valence-corrected chi connectivity index (χ0v) is 14.6. The number of aliphatic hydroxyl groups is 1. The van der Waals surface area contributed by atoms with Crippen molar-refractivity contribution in [1.29, 1.82) is 0 Å². The first-order valence-electron chi connectivity index (χ1n) is 7.96. The number of aromatic nitrogens is 3. The minimum atomic E-state index is -1.03. The van der Waals surface area contributed by atoms with Crippen LogP contribution in [0.15, 0.2) is 36.4 Å². The monoisotopic (exact) mass is 354 g/mol. The Morgan fingerprint density at radius 2 is 1.69 bits per heavy atom. The highest BCUT2D eigenvalue weighted by molar-refractivity contribution is 5.80. The first kappa shape index (κ1) is 16.2. The number of hydrogen-bond donors (Lipinski definition) is 2. The molecule has 26 heavy (non-hydrogen) atoms. The molecule has 0 saturated carbocycles. The smallest absolute Gasteiger partial charge is 0.227 e. The SMILES string of the molecule is COc1ccc(-c2nc3n(n2)C(O)Nc2cc(OC)c(OC)cc2-3)cc1. The van der Waals surface area contributed by atoms with Gasteiger partial charge in [-0.2, -0.15) is 4.68 Å². The Bertz CT molecular complexity index is 953. The van der Waals surface area contributed by atoms with Gasteiger partial charge in [-0.05, 0) is 30.3 Å². The second-order valence-electron chi connectivity index (χ2n) is 5.70. The average molecular weight is 354 g/mol. The molecular weight excluding hydrogens is 336 g/mol. The molecule has 0 aliphatic carbocycles. The van der Waals surface area contributed by atoms with Crippen LogP contribution in [0.25, 0.3) is 22.8 Å². The molecule has 1 aromatic heterocycles. The molecule has 0 fully saturated rings. The summed E-state index contributed by atoms with van der Waals surface area (Å²) in [5, 5.41) is 17.8. The van der Waals surface area contributed by atoms with E-state index < -0.39 is 6.35 Å². The third-order valence-corrected chi connectivity index (χ3v) is 4.26. The summed E-state index contributed by atoms with van der Waals surface area (Å²) in [7, 11) is 4.75. The van der Waals surface area contributed by atoms with Gasteiger partial charge in [0, 0.05) is 17.2 Å². The summed E-state index contributed by atoms with van der Waals surface area (Å²) in [4.78, 5) is 4.61. The van der Waals surface area contributed by atoms with Crippen LogP contribution in [0.2, 0.25) is 0 Å². The topological polar surface area (TPSA) is 90.7 Å². The first-order valence-corrected chi connectivity index (χ1v) is 7.96. The summed E-state index contributed by atoms with van der Waals surface area (Å²) in [6.45, 7) is 0. The van der Waals surface area contributed by atoms with E-state index in [-0.39, 0.29) is 0 Å². The molecule has 0 amide bonds. The molecule has 3 aromatic rings. The lowest BCUT2D eigenvalue weighted by Gasteiger charge is -2.24. The molecule has 2 heterocycles. The number of rotatable bonds is 4. The second kappa shape index (κ2) is 6.23. The molecule has 1 aliphatic heterocycles. The van der Waals surface area contributed by atoms with Crippen LogP contribution in [-0.2, 0) is 0 Å². The Morgan fingerprint density at radius 3 is 2.35 bits per heavy atom. The number of aliphatic hydroxyl groups excluding tert-OH is 1. The lowest BCUT2D eigenvalue weighted by atomic mass is 10.1. The largest absolute Gasteiger partial charge is 0.497 e. The predicted molar refractivity (Wildman–Crippen MR) is 95.4 cm³/mol. The maximum atomic E-state index is 10.4. The van der Waals surface area contributed by atoms with Crippen molar-refractivity contribution in [3.63, 3.8) is 0 Å². The first-order chi connectivity index (χ1) is 12.6. The molecule has 0 bridgehead atoms. The Morgan fingerprint density at radius 1 is 1.00 bits per heavy atom. The van der Waals surface area contributed by atoms with Crippen molar-refractivity contribution < 1.29 is 19.3 Å². The zero-order valence-electron chi connectivity index (χ0n) is 14.6. The lowest BCUT2D eigenvalue weighted by molar-refractivity contribution is 0.119. The lowest BCUT2D eigenvalue weighted by Crippen LogP contribution is -2.24. The van der Waals surface area contributed by atoms with Crippen molar-refractivity contribution in [2.24, 2.45) is 0 Å². The van der Waals surface area contributed by atoms with E-state index in [0.717, 1.165) is 16.9 Å². The molecule has 0 saturated heterocycles. The van der Waals surface area contributed by atoms with Crippen LogP contribution in [0.4, 0.5) is 5.69 Å². The summed E-state index contributed by atoms with van der Waals surface area (Å²) >= 11 is 0. The van der Waals surface area contributed by atoms with Gasteiger partial charge in [0.25, 0.3) is 0 Å². The van der Waals surface area contributed by atoms with E-state index in [2.05, 4.69) is 15.4 Å². The highest BCUT2D eigenvalue weighted by atomic mass is 16.5. The van der Waals surface area contributed by atoms with E-state index >= 15 is 0 Å². The summed E-state index contributed by atoms with van der Waals surface area (Å²) in [6, 6.07) is 11.0. The minimum absolute atomic E-state index is 0.506. The van der Waals surface area contributed by atoms with Gasteiger partial charge in [0.1, 0.15) is 5.75 Å². The Kier molecular flexibility index (Phi) is 3.89. The molecule has 2 N–H and O–H groups in total. The fourth-order valence-electron chi connectivity index (χ4n) is 2.92. The molecule has 1 unspecified atom stereocenters. The van der Waals surface area contributed by atoms with E-state index in [1.807, 2.05) is 30.3 Å². The van der Waals surface area contributed by atoms with Gasteiger partial charge in [0.2, 0.25) is 6.35 Å². The fraction of sp³-hybridized carbons (Fsp3) is 0.222. The van der Waals surface area contributed by atoms with E-state index in [0.29, 0.717) is 28.8 Å². The predicted octanol–water partition coefficient (Wildman–Crippen LogP) is 2.51. The molecule has 1 aliphatic rings. The second-order valence-corrected chi connectivity index (χ2v) is 5.70. The Balaban J connectivity index is 1.83. The molecule has 8 heteroatoms. The number of ether oxygens (including phenoxy) is 3. The number of fused-ring (bicyclic) bond motifs is 3. The van der Waals surface area contributed by atoms with Gasteiger partial charge in [0.05, 0.1) is 27.0 Å². The van der Waals surface area contributed by atoms with Gasteiger partial charge in [0.15, 0.2) is 23.1 Å². The van der Waals surface area contributed by atoms with Crippen LogP contribution in [0.3, 0.4) is 0 Å². The van der Waals surface area contributed by atoms with E-state index in [4.69, 9.17) is 14.2 Å². The molecule has 134 valence electrons. The van der Waals surface area contributed by atoms with Crippen molar-refractivity contribution in [3.8, 4) is 40.0 Å². The molecule has 8 nitrogen and oxygen atoms in total. The number of benzene rings is 2. The van der Waals surface area contributed by atoms with Gasteiger partial charge in [-0.25, -0.2) is 4.98 Å². The molecule has 0 radical (unpaired) electrons. The van der Waals surface area contributed by atoms with Crippen molar-refractivity contribution in [2.75, 3.05) is 26.6 Å². The standard InChI is InChI=1S/C18H18N4O4/c1-24-11-6-4-10(5-7-11)16-20-17-12-8-14(25-2)15(26-3)9-13(12)19-18(23)22(17)21-16/h4-9,18-19,23H,1-3H3. The van der Waals surface area contributed by atoms with Crippen molar-refractivity contribution in [3.05, 3.63) is 36.4 Å². The van der Waals surface area contributed by atoms with E-state index in [1.165, 1.54) is 4.68 Å². The van der Waals surface area contributed by atoms with Gasteiger partial charge in [-0.15, -0.1) is 5.10 Å². The maximum Gasteiger partial charge on any atom is 0.227 e. The van der Waals surface area contributed by atoms with Gasteiger partial charge in [-0.3, -0.25) is 0 Å². The van der Waals surface area contributed by atoms with Crippen molar-refractivity contribution in [2.45, 2.75) is 6.35 Å². The molecule has 0 spiro atoms. The normalized spacial score (nSPS) is 14.8. The summed E-state index contributed by atoms with van der Waals surface area (Å²) in [6.07, 6.45) is -1.03. The number of anilines is 1. The van der Waals surface area contributed by atoms with Gasteiger partial charge >= 0.3 is 0 Å². The van der Waals surface area contributed by atoms with Crippen LogP contribution < -0.4 is 19.5 Å². The van der Waals surface area contributed by atoms with E-state index in [9.17, 15) is 5.11 Å². The average Bonchev–Trinajstić information content (AvgIpc) is 3.13. The molecular formula is C18H18N4O4. The summed E-state index contributed by atoms with van der Waals surface area (Å²) in [5.74, 6) is 2.94. The minimum Gasteiger partial charge on any atom is -0.497 e. The van der Waals surface area contributed by atoms with Gasteiger partial charge in [-0.1, -0.05) is 0 Å². The highest BCUT2D eigenvalue weighted by Gasteiger charge is 2.28. The maximum absolute atomic E-state index is 10.4. The van der Waals surface area contributed by atoms with E-state index in [1.54, 1.807) is 27.4 Å². The summed E-state index contributed by atoms with van der Waals surface area (Å²) < 4.78 is 17.3. The van der Waals surface area contributed by atoms with Crippen LogP contribution in [0.5, 0.6) is 17.2 Å². The Labute approximate surface area is 150 Å². The van der Waals surface area contributed by atoms with Crippen LogP contribution in [0, 0.1) is 0 Å². The van der Waals surface area contributed by atoms with Crippen LogP contribution in [-0.4, -0.2) is 41.2 Å². The quantitative estimate of drug-likeness (QED) is 0.744. The van der Waals surface area contributed by atoms with Crippen LogP contribution in [0.1, 0.15) is 6.35 Å². The fourth-order valence-corrected chi connectivity index (χ4v) is 2.92. The number of nitrogens with one attached hydrogen (secondary N) is 1. The molecule has 2 aromatic carbocycles. The third kappa shape index (κ3) is 2.51. The van der Waals surface area contributed by atoms with Gasteiger partial charge < -0.3 is 24.6 Å². The molecule has 4 rings (SSSR count). The summed E-state index contributed by atoms with van der Waals surface area (Å²) in [5.41, 5.74) is 2.28. The molecule has 1 atom stereocenters. The highest BCUT2D eigenvalue weighted by Crippen LogP contribution is 2.42. The van der Waals surface area contributed by atoms with Crippen molar-refractivity contribution in [1.82, 2.24) is 14.8 Å². The number of nitrogens with zero attached hydrogens (tertiary/aromatic N) is 3. The third-order valence-electron chi connectivity index (χ3n) is 4.26.